The molecule has 3 heterocycles. The molecule has 0 saturated carbocycles. The van der Waals surface area contributed by atoms with Crippen LogP contribution in [0.4, 0.5) is 5.95 Å². The van der Waals surface area contributed by atoms with Gasteiger partial charge in [0.2, 0.25) is 5.95 Å². The maximum atomic E-state index is 6.67. The SMILES string of the molecule is COc1ccc([C@@H]2C3=C(Nc4ncnn42)c2ccccc2O[C@H]3c2ccc(OC)c(OC)c2)cc1. The number of rotatable bonds is 5. The summed E-state index contributed by atoms with van der Waals surface area (Å²) in [6, 6.07) is 21.7. The lowest BCUT2D eigenvalue weighted by Gasteiger charge is -2.39. The summed E-state index contributed by atoms with van der Waals surface area (Å²) in [6.07, 6.45) is 1.16. The first-order valence-electron chi connectivity index (χ1n) is 11.2. The number of fused-ring (bicyclic) bond motifs is 3. The summed E-state index contributed by atoms with van der Waals surface area (Å²) in [6.45, 7) is 0. The van der Waals surface area contributed by atoms with Crippen LogP contribution < -0.4 is 24.3 Å². The summed E-state index contributed by atoms with van der Waals surface area (Å²) in [4.78, 5) is 4.48. The zero-order valence-corrected chi connectivity index (χ0v) is 19.6. The summed E-state index contributed by atoms with van der Waals surface area (Å²) < 4.78 is 25.0. The normalized spacial score (nSPS) is 17.9. The largest absolute Gasteiger partial charge is 0.497 e. The molecule has 8 nitrogen and oxygen atoms in total. The van der Waals surface area contributed by atoms with E-state index < -0.39 is 6.10 Å². The van der Waals surface area contributed by atoms with Gasteiger partial charge in [-0.2, -0.15) is 10.1 Å². The lowest BCUT2D eigenvalue weighted by atomic mass is 9.84. The second-order valence-electron chi connectivity index (χ2n) is 8.27. The van der Waals surface area contributed by atoms with Crippen LogP contribution in [-0.2, 0) is 0 Å². The number of aromatic nitrogens is 3. The number of nitrogens with zero attached hydrogens (tertiary/aromatic N) is 3. The molecule has 0 fully saturated rings. The van der Waals surface area contributed by atoms with Gasteiger partial charge in [-0.3, -0.25) is 0 Å². The Balaban J connectivity index is 1.59. The Kier molecular flexibility index (Phi) is 5.06. The maximum absolute atomic E-state index is 6.67. The molecule has 0 unspecified atom stereocenters. The Morgan fingerprint density at radius 1 is 0.857 bits per heavy atom. The fourth-order valence-electron chi connectivity index (χ4n) is 4.82. The monoisotopic (exact) mass is 468 g/mol. The van der Waals surface area contributed by atoms with Crippen LogP contribution in [0.25, 0.3) is 5.70 Å². The summed E-state index contributed by atoms with van der Waals surface area (Å²) in [5.41, 5.74) is 4.95. The van der Waals surface area contributed by atoms with Gasteiger partial charge in [0.1, 0.15) is 30.0 Å². The quantitative estimate of drug-likeness (QED) is 0.448. The van der Waals surface area contributed by atoms with E-state index in [1.165, 1.54) is 0 Å². The van der Waals surface area contributed by atoms with Gasteiger partial charge in [-0.1, -0.05) is 30.3 Å². The average Bonchev–Trinajstić information content (AvgIpc) is 3.39. The number of hydrogen-bond donors (Lipinski definition) is 1. The van der Waals surface area contributed by atoms with Crippen molar-refractivity contribution < 1.29 is 18.9 Å². The topological polar surface area (TPSA) is 79.7 Å². The van der Waals surface area contributed by atoms with E-state index in [1.54, 1.807) is 27.7 Å². The van der Waals surface area contributed by atoms with Crippen molar-refractivity contribution in [2.45, 2.75) is 12.1 Å². The van der Waals surface area contributed by atoms with Crippen LogP contribution in [0.5, 0.6) is 23.0 Å². The average molecular weight is 469 g/mol. The predicted octanol–water partition coefficient (Wildman–Crippen LogP) is 4.86. The van der Waals surface area contributed by atoms with Gasteiger partial charge in [0.05, 0.1) is 27.0 Å². The first kappa shape index (κ1) is 21.1. The third kappa shape index (κ3) is 3.37. The van der Waals surface area contributed by atoms with Gasteiger partial charge in [-0.25, -0.2) is 4.68 Å². The molecule has 1 aromatic heterocycles. The van der Waals surface area contributed by atoms with E-state index >= 15 is 0 Å². The number of hydrogen-bond acceptors (Lipinski definition) is 7. The molecule has 2 atom stereocenters. The highest BCUT2D eigenvalue weighted by Gasteiger charge is 2.41. The molecule has 2 aliphatic heterocycles. The third-order valence-electron chi connectivity index (χ3n) is 6.46. The molecule has 6 rings (SSSR count). The predicted molar refractivity (Wildman–Crippen MR) is 131 cm³/mol. The molecule has 3 aromatic carbocycles. The van der Waals surface area contributed by atoms with E-state index in [9.17, 15) is 0 Å². The second kappa shape index (κ2) is 8.39. The molecule has 0 amide bonds. The Morgan fingerprint density at radius 2 is 1.63 bits per heavy atom. The molecule has 0 radical (unpaired) electrons. The molecule has 2 aliphatic rings. The minimum absolute atomic E-state index is 0.249. The van der Waals surface area contributed by atoms with Gasteiger partial charge in [-0.15, -0.1) is 0 Å². The minimum atomic E-state index is -0.406. The van der Waals surface area contributed by atoms with Gasteiger partial charge in [0, 0.05) is 16.7 Å². The molecule has 0 aliphatic carbocycles. The molecule has 8 heteroatoms. The Bertz CT molecular complexity index is 1430. The van der Waals surface area contributed by atoms with Crippen LogP contribution >= 0.6 is 0 Å². The van der Waals surface area contributed by atoms with E-state index in [0.717, 1.165) is 39.5 Å². The van der Waals surface area contributed by atoms with E-state index in [4.69, 9.17) is 18.9 Å². The summed E-state index contributed by atoms with van der Waals surface area (Å²) in [5.74, 6) is 3.55. The number of anilines is 1. The highest BCUT2D eigenvalue weighted by atomic mass is 16.5. The fourth-order valence-corrected chi connectivity index (χ4v) is 4.82. The molecular weight excluding hydrogens is 444 g/mol. The van der Waals surface area contributed by atoms with Crippen molar-refractivity contribution in [3.63, 3.8) is 0 Å². The van der Waals surface area contributed by atoms with Crippen LogP contribution in [0.3, 0.4) is 0 Å². The Labute approximate surface area is 202 Å². The van der Waals surface area contributed by atoms with Crippen molar-refractivity contribution in [2.24, 2.45) is 0 Å². The lowest BCUT2D eigenvalue weighted by molar-refractivity contribution is 0.222. The smallest absolute Gasteiger partial charge is 0.226 e. The van der Waals surface area contributed by atoms with Crippen molar-refractivity contribution in [3.05, 3.63) is 95.3 Å². The summed E-state index contributed by atoms with van der Waals surface area (Å²) in [5, 5.41) is 8.09. The highest BCUT2D eigenvalue weighted by Crippen LogP contribution is 2.51. The molecule has 0 bridgehead atoms. The number of ether oxygens (including phenoxy) is 4. The number of benzene rings is 3. The van der Waals surface area contributed by atoms with Gasteiger partial charge in [0.25, 0.3) is 0 Å². The van der Waals surface area contributed by atoms with Crippen molar-refractivity contribution in [2.75, 3.05) is 26.6 Å². The highest BCUT2D eigenvalue weighted by molar-refractivity contribution is 5.85. The van der Waals surface area contributed by atoms with E-state index in [0.29, 0.717) is 17.4 Å². The van der Waals surface area contributed by atoms with E-state index in [1.807, 2.05) is 53.2 Å². The Hall–Kier alpha value is -4.46. The molecule has 176 valence electrons. The van der Waals surface area contributed by atoms with Crippen LogP contribution in [0.1, 0.15) is 28.8 Å². The second-order valence-corrected chi connectivity index (χ2v) is 8.27. The molecule has 0 saturated heterocycles. The van der Waals surface area contributed by atoms with Crippen molar-refractivity contribution >= 4 is 11.6 Å². The molecule has 0 spiro atoms. The lowest BCUT2D eigenvalue weighted by Crippen LogP contribution is -2.32. The first-order chi connectivity index (χ1) is 17.2. The van der Waals surface area contributed by atoms with Crippen LogP contribution in [-0.4, -0.2) is 36.1 Å². The first-order valence-corrected chi connectivity index (χ1v) is 11.2. The summed E-state index contributed by atoms with van der Waals surface area (Å²) >= 11 is 0. The molecule has 4 aromatic rings. The van der Waals surface area contributed by atoms with Gasteiger partial charge < -0.3 is 24.3 Å². The van der Waals surface area contributed by atoms with Crippen molar-refractivity contribution in [1.82, 2.24) is 14.8 Å². The minimum Gasteiger partial charge on any atom is -0.497 e. The van der Waals surface area contributed by atoms with Gasteiger partial charge >= 0.3 is 0 Å². The zero-order chi connectivity index (χ0) is 23.9. The van der Waals surface area contributed by atoms with Crippen LogP contribution in [0, 0.1) is 0 Å². The fraction of sp³-hybridized carbons (Fsp3) is 0.185. The number of para-hydroxylation sites is 1. The van der Waals surface area contributed by atoms with E-state index in [2.05, 4.69) is 33.6 Å². The third-order valence-corrected chi connectivity index (χ3v) is 6.46. The van der Waals surface area contributed by atoms with Gasteiger partial charge in [-0.05, 0) is 42.0 Å². The van der Waals surface area contributed by atoms with Crippen LogP contribution in [0.2, 0.25) is 0 Å². The standard InChI is InChI=1S/C27H24N4O4/c1-32-18-11-8-16(9-12-18)25-23-24(30-27-28-15-29-31(25)27)19-6-4-5-7-20(19)35-26(23)17-10-13-21(33-2)22(14-17)34-3/h4-15,25-26H,1-3H3,(H,28,29,30)/t25-,26+/m1/s1. The van der Waals surface area contributed by atoms with Gasteiger partial charge in [0.15, 0.2) is 11.5 Å². The number of methoxy groups -OCH3 is 3. The summed E-state index contributed by atoms with van der Waals surface area (Å²) in [7, 11) is 4.92. The molecule has 35 heavy (non-hydrogen) atoms. The molecule has 1 N–H and O–H groups in total. The molecular formula is C27H24N4O4. The van der Waals surface area contributed by atoms with Crippen molar-refractivity contribution in [1.29, 1.82) is 0 Å². The van der Waals surface area contributed by atoms with E-state index in [-0.39, 0.29) is 6.04 Å². The zero-order valence-electron chi connectivity index (χ0n) is 19.6. The van der Waals surface area contributed by atoms with Crippen molar-refractivity contribution in [3.8, 4) is 23.0 Å². The Morgan fingerprint density at radius 3 is 2.40 bits per heavy atom. The number of nitrogens with one attached hydrogen (secondary N) is 1. The van der Waals surface area contributed by atoms with Crippen LogP contribution in [0.15, 0.2) is 78.6 Å². The maximum Gasteiger partial charge on any atom is 0.226 e.